The first-order chi connectivity index (χ1) is 10.0. The second-order valence-electron chi connectivity index (χ2n) is 4.33. The average molecular weight is 289 g/mol. The number of carboxylic acid groups (broad SMARTS) is 1. The highest BCUT2D eigenvalue weighted by atomic mass is 16.5. The van der Waals surface area contributed by atoms with Crippen LogP contribution in [0.4, 0.5) is 5.95 Å². The van der Waals surface area contributed by atoms with E-state index in [1.165, 1.54) is 19.4 Å². The van der Waals surface area contributed by atoms with Crippen LogP contribution in [0.1, 0.15) is 10.4 Å². The Morgan fingerprint density at radius 1 is 1.29 bits per heavy atom. The van der Waals surface area contributed by atoms with Crippen LogP contribution in [0, 0.1) is 0 Å². The predicted octanol–water partition coefficient (Wildman–Crippen LogP) is 2.04. The number of hydrogen-bond acceptors (Lipinski definition) is 6. The van der Waals surface area contributed by atoms with Crippen molar-refractivity contribution in [3.05, 3.63) is 36.0 Å². The van der Waals surface area contributed by atoms with Crippen molar-refractivity contribution in [2.75, 3.05) is 26.1 Å². The lowest BCUT2D eigenvalue weighted by molar-refractivity contribution is 0.0693. The van der Waals surface area contributed by atoms with Gasteiger partial charge in [0, 0.05) is 26.4 Å². The SMILES string of the molecule is COc1cccc(C(=O)O)c1Oc1ccnc(N(C)C)n1. The molecule has 0 fully saturated rings. The van der Waals surface area contributed by atoms with E-state index in [9.17, 15) is 9.90 Å². The molecule has 2 aromatic rings. The molecule has 0 atom stereocenters. The van der Waals surface area contributed by atoms with Gasteiger partial charge in [-0.2, -0.15) is 4.98 Å². The number of aromatic carboxylic acids is 1. The van der Waals surface area contributed by atoms with E-state index < -0.39 is 5.97 Å². The summed E-state index contributed by atoms with van der Waals surface area (Å²) in [7, 11) is 5.04. The summed E-state index contributed by atoms with van der Waals surface area (Å²) in [5.41, 5.74) is -0.000588. The van der Waals surface area contributed by atoms with Crippen LogP contribution in [0.25, 0.3) is 0 Å². The molecule has 21 heavy (non-hydrogen) atoms. The molecule has 1 aromatic heterocycles. The third-order valence-electron chi connectivity index (χ3n) is 2.65. The molecule has 0 amide bonds. The van der Waals surface area contributed by atoms with Gasteiger partial charge in [0.25, 0.3) is 0 Å². The van der Waals surface area contributed by atoms with E-state index in [1.807, 2.05) is 0 Å². The normalized spacial score (nSPS) is 10.0. The number of para-hydroxylation sites is 1. The van der Waals surface area contributed by atoms with Crippen molar-refractivity contribution in [1.82, 2.24) is 9.97 Å². The van der Waals surface area contributed by atoms with Crippen LogP contribution >= 0.6 is 0 Å². The molecule has 0 radical (unpaired) electrons. The average Bonchev–Trinajstić information content (AvgIpc) is 2.47. The minimum Gasteiger partial charge on any atom is -0.493 e. The summed E-state index contributed by atoms with van der Waals surface area (Å²) in [6.07, 6.45) is 1.54. The predicted molar refractivity (Wildman–Crippen MR) is 76.4 cm³/mol. The molecule has 0 aliphatic rings. The van der Waals surface area contributed by atoms with Gasteiger partial charge in [0.05, 0.1) is 7.11 Å². The highest BCUT2D eigenvalue weighted by Crippen LogP contribution is 2.34. The molecule has 1 N–H and O–H groups in total. The third-order valence-corrected chi connectivity index (χ3v) is 2.65. The Bertz CT molecular complexity index is 658. The van der Waals surface area contributed by atoms with Gasteiger partial charge >= 0.3 is 5.97 Å². The number of carbonyl (C=O) groups is 1. The fourth-order valence-corrected chi connectivity index (χ4v) is 1.66. The second-order valence-corrected chi connectivity index (χ2v) is 4.33. The van der Waals surface area contributed by atoms with Gasteiger partial charge in [0.15, 0.2) is 11.5 Å². The number of ether oxygens (including phenoxy) is 2. The van der Waals surface area contributed by atoms with Gasteiger partial charge in [0.2, 0.25) is 11.8 Å². The van der Waals surface area contributed by atoms with Crippen molar-refractivity contribution in [2.24, 2.45) is 0 Å². The molecule has 0 aliphatic carbocycles. The Labute approximate surface area is 121 Å². The van der Waals surface area contributed by atoms with Gasteiger partial charge in [-0.1, -0.05) is 6.07 Å². The zero-order valence-corrected chi connectivity index (χ0v) is 11.9. The van der Waals surface area contributed by atoms with E-state index in [4.69, 9.17) is 9.47 Å². The van der Waals surface area contributed by atoms with E-state index in [-0.39, 0.29) is 17.2 Å². The zero-order chi connectivity index (χ0) is 15.4. The first-order valence-electron chi connectivity index (χ1n) is 6.11. The number of hydrogen-bond donors (Lipinski definition) is 1. The number of benzene rings is 1. The number of carboxylic acids is 1. The summed E-state index contributed by atoms with van der Waals surface area (Å²) in [6, 6.07) is 6.19. The first-order valence-corrected chi connectivity index (χ1v) is 6.11. The standard InChI is InChI=1S/C14H15N3O4/c1-17(2)14-15-8-7-11(16-14)21-12-9(13(18)19)5-4-6-10(12)20-3/h4-8H,1-3H3,(H,18,19). The first kappa shape index (κ1) is 14.6. The van der Waals surface area contributed by atoms with Crippen LogP contribution < -0.4 is 14.4 Å². The quantitative estimate of drug-likeness (QED) is 0.901. The lowest BCUT2D eigenvalue weighted by Gasteiger charge is -2.14. The summed E-state index contributed by atoms with van der Waals surface area (Å²) < 4.78 is 10.7. The minimum atomic E-state index is -1.11. The molecule has 0 aliphatic heterocycles. The van der Waals surface area contributed by atoms with Gasteiger partial charge in [-0.3, -0.25) is 0 Å². The smallest absolute Gasteiger partial charge is 0.339 e. The number of anilines is 1. The Morgan fingerprint density at radius 2 is 2.05 bits per heavy atom. The van der Waals surface area contributed by atoms with Crippen LogP contribution in [-0.2, 0) is 0 Å². The second kappa shape index (κ2) is 6.08. The van der Waals surface area contributed by atoms with Crippen molar-refractivity contribution in [3.8, 4) is 17.4 Å². The molecule has 0 spiro atoms. The minimum absolute atomic E-state index is 0.000588. The fourth-order valence-electron chi connectivity index (χ4n) is 1.66. The van der Waals surface area contributed by atoms with E-state index in [0.29, 0.717) is 11.7 Å². The maximum atomic E-state index is 11.3. The van der Waals surface area contributed by atoms with Gasteiger partial charge in [-0.25, -0.2) is 9.78 Å². The monoisotopic (exact) mass is 289 g/mol. The highest BCUT2D eigenvalue weighted by molar-refractivity contribution is 5.92. The molecule has 1 heterocycles. The molecule has 1 aromatic carbocycles. The van der Waals surface area contributed by atoms with Crippen LogP contribution in [0.15, 0.2) is 30.5 Å². The summed E-state index contributed by atoms with van der Waals surface area (Å²) >= 11 is 0. The van der Waals surface area contributed by atoms with Gasteiger partial charge in [-0.15, -0.1) is 0 Å². The largest absolute Gasteiger partial charge is 0.493 e. The van der Waals surface area contributed by atoms with E-state index >= 15 is 0 Å². The lowest BCUT2D eigenvalue weighted by Crippen LogP contribution is -2.12. The number of nitrogens with zero attached hydrogens (tertiary/aromatic N) is 3. The Balaban J connectivity index is 2.43. The third kappa shape index (κ3) is 3.19. The lowest BCUT2D eigenvalue weighted by atomic mass is 10.2. The molecule has 0 bridgehead atoms. The zero-order valence-electron chi connectivity index (χ0n) is 11.9. The Hall–Kier alpha value is -2.83. The van der Waals surface area contributed by atoms with Crippen molar-refractivity contribution in [1.29, 1.82) is 0 Å². The molecular formula is C14H15N3O4. The van der Waals surface area contributed by atoms with Gasteiger partial charge in [0.1, 0.15) is 5.56 Å². The summed E-state index contributed by atoms with van der Waals surface area (Å²) in [5, 5.41) is 9.23. The molecule has 7 heteroatoms. The van der Waals surface area contributed by atoms with Crippen molar-refractivity contribution in [2.45, 2.75) is 0 Å². The number of methoxy groups -OCH3 is 1. The van der Waals surface area contributed by atoms with E-state index in [1.54, 1.807) is 37.2 Å². The Morgan fingerprint density at radius 3 is 2.67 bits per heavy atom. The summed E-state index contributed by atoms with van der Waals surface area (Å²) in [4.78, 5) is 21.2. The van der Waals surface area contributed by atoms with Crippen LogP contribution in [0.5, 0.6) is 17.4 Å². The fraction of sp³-hybridized carbons (Fsp3) is 0.214. The number of aromatic nitrogens is 2. The number of rotatable bonds is 5. The van der Waals surface area contributed by atoms with Crippen LogP contribution in [0.3, 0.4) is 0 Å². The molecule has 0 saturated heterocycles. The van der Waals surface area contributed by atoms with Gasteiger partial charge < -0.3 is 19.5 Å². The Kier molecular flexibility index (Phi) is 4.22. The molecule has 0 saturated carbocycles. The molecule has 2 rings (SSSR count). The topological polar surface area (TPSA) is 84.8 Å². The molecule has 7 nitrogen and oxygen atoms in total. The summed E-state index contributed by atoms with van der Waals surface area (Å²) in [5.74, 6) is 0.0154. The van der Waals surface area contributed by atoms with Gasteiger partial charge in [-0.05, 0) is 12.1 Å². The maximum absolute atomic E-state index is 11.3. The van der Waals surface area contributed by atoms with Crippen molar-refractivity contribution < 1.29 is 19.4 Å². The van der Waals surface area contributed by atoms with E-state index in [2.05, 4.69) is 9.97 Å². The van der Waals surface area contributed by atoms with Crippen molar-refractivity contribution in [3.63, 3.8) is 0 Å². The molecule has 110 valence electrons. The van der Waals surface area contributed by atoms with Crippen molar-refractivity contribution >= 4 is 11.9 Å². The highest BCUT2D eigenvalue weighted by Gasteiger charge is 2.17. The van der Waals surface area contributed by atoms with Crippen LogP contribution in [-0.4, -0.2) is 42.2 Å². The molecule has 0 unspecified atom stereocenters. The van der Waals surface area contributed by atoms with Crippen LogP contribution in [0.2, 0.25) is 0 Å². The maximum Gasteiger partial charge on any atom is 0.339 e. The molecular weight excluding hydrogens is 274 g/mol. The summed E-state index contributed by atoms with van der Waals surface area (Å²) in [6.45, 7) is 0. The van der Waals surface area contributed by atoms with E-state index in [0.717, 1.165) is 0 Å².